The number of unbranched alkanes of at least 4 members (excludes halogenated alkanes) is 1. The highest BCUT2D eigenvalue weighted by Crippen LogP contribution is 1.78. The standard InChI is InChI=1S/C4H10O.C3H6.3C2H6.CH4O/c1-2-3-4-5;1-3-2;4*1-2/h5H,2-4H2,1H3;3H,1H2,2H3;3*1-2H3;2H,1H3. The Kier molecular flexibility index (Phi) is 460. The maximum absolute atomic E-state index is 8.07. The van der Waals surface area contributed by atoms with Crippen LogP contribution in [0.2, 0.25) is 0 Å². The normalized spacial score (nSPS) is 4.94. The molecule has 0 aliphatic heterocycles. The lowest BCUT2D eigenvalue weighted by atomic mass is 10.4. The summed E-state index contributed by atoms with van der Waals surface area (Å²) in [5.74, 6) is 0. The van der Waals surface area contributed by atoms with Crippen LogP contribution in [0.25, 0.3) is 0 Å². The molecule has 0 unspecified atom stereocenters. The third kappa shape index (κ3) is 795. The van der Waals surface area contributed by atoms with Gasteiger partial charge >= 0.3 is 0 Å². The summed E-state index contributed by atoms with van der Waals surface area (Å²) < 4.78 is 0. The molecule has 0 heterocycles. The third-order valence-corrected chi connectivity index (χ3v) is 0.512. The second-order valence-corrected chi connectivity index (χ2v) is 1.49. The summed E-state index contributed by atoms with van der Waals surface area (Å²) in [6.07, 6.45) is 3.79. The van der Waals surface area contributed by atoms with Gasteiger partial charge in [0.15, 0.2) is 0 Å². The van der Waals surface area contributed by atoms with E-state index in [2.05, 4.69) is 13.5 Å². The largest absolute Gasteiger partial charge is 0.400 e. The van der Waals surface area contributed by atoms with Gasteiger partial charge in [-0.25, -0.2) is 0 Å². The lowest BCUT2D eigenvalue weighted by Gasteiger charge is -1.79. The first-order valence-electron chi connectivity index (χ1n) is 6.46. The summed E-state index contributed by atoms with van der Waals surface area (Å²) in [5.41, 5.74) is 0. The fraction of sp³-hybridized carbons (Fsp3) is 0.857. The molecule has 0 aromatic carbocycles. The quantitative estimate of drug-likeness (QED) is 0.687. The lowest BCUT2D eigenvalue weighted by Crippen LogP contribution is -1.75. The minimum absolute atomic E-state index is 0.344. The zero-order valence-corrected chi connectivity index (χ0v) is 13.3. The molecule has 0 aromatic rings. The van der Waals surface area contributed by atoms with Gasteiger partial charge in [-0.2, -0.15) is 0 Å². The topological polar surface area (TPSA) is 40.5 Å². The molecule has 0 aromatic heterocycles. The van der Waals surface area contributed by atoms with Crippen LogP contribution in [0.5, 0.6) is 0 Å². The van der Waals surface area contributed by atoms with Crippen molar-refractivity contribution >= 4 is 0 Å². The van der Waals surface area contributed by atoms with Crippen LogP contribution in [0.15, 0.2) is 12.7 Å². The van der Waals surface area contributed by atoms with Gasteiger partial charge < -0.3 is 10.2 Å². The van der Waals surface area contributed by atoms with Gasteiger partial charge in [0.1, 0.15) is 0 Å². The minimum atomic E-state index is 0.344. The van der Waals surface area contributed by atoms with E-state index in [1.54, 1.807) is 6.08 Å². The van der Waals surface area contributed by atoms with Crippen LogP contribution in [0.3, 0.4) is 0 Å². The van der Waals surface area contributed by atoms with E-state index in [0.717, 1.165) is 20.0 Å². The smallest absolute Gasteiger partial charge is 0.0430 e. The molecular weight excluding hydrogens is 200 g/mol. The fourth-order valence-corrected chi connectivity index (χ4v) is 0.158. The number of rotatable bonds is 2. The number of hydrogen-bond donors (Lipinski definition) is 2. The summed E-state index contributed by atoms with van der Waals surface area (Å²) in [6.45, 7) is 19.6. The minimum Gasteiger partial charge on any atom is -0.400 e. The maximum Gasteiger partial charge on any atom is 0.0430 e. The third-order valence-electron chi connectivity index (χ3n) is 0.512. The lowest BCUT2D eigenvalue weighted by molar-refractivity contribution is 0.287. The molecule has 0 spiro atoms. The monoisotopic (exact) mass is 238 g/mol. The molecule has 16 heavy (non-hydrogen) atoms. The predicted octanol–water partition coefficient (Wildman–Crippen LogP) is 4.66. The zero-order valence-electron chi connectivity index (χ0n) is 13.3. The van der Waals surface area contributed by atoms with E-state index in [0.29, 0.717) is 6.61 Å². The van der Waals surface area contributed by atoms with Crippen molar-refractivity contribution in [3.05, 3.63) is 12.7 Å². The van der Waals surface area contributed by atoms with Crippen LogP contribution in [0, 0.1) is 0 Å². The average Bonchev–Trinajstić information content (AvgIpc) is 2.41. The molecule has 2 nitrogen and oxygen atoms in total. The summed E-state index contributed by atoms with van der Waals surface area (Å²) in [6, 6.07) is 0. The van der Waals surface area contributed by atoms with E-state index in [-0.39, 0.29) is 0 Å². The van der Waals surface area contributed by atoms with Gasteiger partial charge in [0.05, 0.1) is 0 Å². The van der Waals surface area contributed by atoms with Crippen molar-refractivity contribution in [2.75, 3.05) is 13.7 Å². The van der Waals surface area contributed by atoms with E-state index >= 15 is 0 Å². The van der Waals surface area contributed by atoms with Crippen molar-refractivity contribution in [3.63, 3.8) is 0 Å². The van der Waals surface area contributed by atoms with Crippen LogP contribution < -0.4 is 0 Å². The molecule has 0 saturated heterocycles. The average molecular weight is 238 g/mol. The van der Waals surface area contributed by atoms with Gasteiger partial charge in [-0.15, -0.1) is 6.58 Å². The first-order chi connectivity index (χ1) is 7.83. The Morgan fingerprint density at radius 2 is 1.12 bits per heavy atom. The molecule has 0 amide bonds. The highest BCUT2D eigenvalue weighted by atomic mass is 16.3. The molecule has 0 aliphatic carbocycles. The highest BCUT2D eigenvalue weighted by molar-refractivity contribution is 4.51. The van der Waals surface area contributed by atoms with Gasteiger partial charge in [-0.05, 0) is 13.3 Å². The second kappa shape index (κ2) is 204. The van der Waals surface area contributed by atoms with Crippen molar-refractivity contribution in [1.82, 2.24) is 0 Å². The molecule has 0 fully saturated rings. The van der Waals surface area contributed by atoms with Gasteiger partial charge in [0.2, 0.25) is 0 Å². The number of hydrogen-bond acceptors (Lipinski definition) is 2. The summed E-state index contributed by atoms with van der Waals surface area (Å²) in [4.78, 5) is 0. The van der Waals surface area contributed by atoms with E-state index in [4.69, 9.17) is 10.2 Å². The van der Waals surface area contributed by atoms with Gasteiger partial charge in [0.25, 0.3) is 0 Å². The summed E-state index contributed by atoms with van der Waals surface area (Å²) >= 11 is 0. The molecule has 0 radical (unpaired) electrons. The Morgan fingerprint density at radius 1 is 0.938 bits per heavy atom. The molecule has 0 bridgehead atoms. The Labute approximate surface area is 105 Å². The van der Waals surface area contributed by atoms with Crippen molar-refractivity contribution in [3.8, 4) is 0 Å². The van der Waals surface area contributed by atoms with Gasteiger partial charge in [-0.3, -0.25) is 0 Å². The van der Waals surface area contributed by atoms with Crippen molar-refractivity contribution < 1.29 is 10.2 Å². The van der Waals surface area contributed by atoms with Crippen LogP contribution in [-0.4, -0.2) is 23.9 Å². The number of allylic oxidation sites excluding steroid dienone is 1. The maximum atomic E-state index is 8.07. The van der Waals surface area contributed by atoms with E-state index in [9.17, 15) is 0 Å². The van der Waals surface area contributed by atoms with E-state index in [1.807, 2.05) is 48.5 Å². The molecule has 106 valence electrons. The molecular formula is C14H38O2. The number of aliphatic hydroxyl groups excluding tert-OH is 2. The second-order valence-electron chi connectivity index (χ2n) is 1.49. The van der Waals surface area contributed by atoms with Crippen LogP contribution in [-0.2, 0) is 0 Å². The Hall–Kier alpha value is -0.340. The predicted molar refractivity (Wildman–Crippen MR) is 80.1 cm³/mol. The van der Waals surface area contributed by atoms with Gasteiger partial charge in [-0.1, -0.05) is 61.0 Å². The fourth-order valence-electron chi connectivity index (χ4n) is 0.158. The zero-order chi connectivity index (χ0) is 14.8. The van der Waals surface area contributed by atoms with E-state index < -0.39 is 0 Å². The molecule has 0 rings (SSSR count). The molecule has 0 aliphatic rings. The van der Waals surface area contributed by atoms with Crippen LogP contribution >= 0.6 is 0 Å². The Balaban J connectivity index is -0.0000000201. The van der Waals surface area contributed by atoms with Crippen molar-refractivity contribution in [1.29, 1.82) is 0 Å². The molecule has 0 atom stereocenters. The Bertz CT molecular complexity index is 35.7. The van der Waals surface area contributed by atoms with Crippen molar-refractivity contribution in [2.24, 2.45) is 0 Å². The summed E-state index contributed by atoms with van der Waals surface area (Å²) in [7, 11) is 1.00. The first-order valence-corrected chi connectivity index (χ1v) is 6.46. The molecule has 2 N–H and O–H groups in total. The van der Waals surface area contributed by atoms with Crippen LogP contribution in [0.1, 0.15) is 68.2 Å². The first kappa shape index (κ1) is 36.1. The van der Waals surface area contributed by atoms with Crippen molar-refractivity contribution in [2.45, 2.75) is 68.2 Å². The molecule has 2 heteroatoms. The van der Waals surface area contributed by atoms with Crippen LogP contribution in [0.4, 0.5) is 0 Å². The SMILES string of the molecule is C=CC.CC.CC.CC.CCCCO.CO. The van der Waals surface area contributed by atoms with Gasteiger partial charge in [0, 0.05) is 13.7 Å². The number of aliphatic hydroxyl groups is 2. The van der Waals surface area contributed by atoms with E-state index in [1.165, 1.54) is 0 Å². The molecule has 0 saturated carbocycles. The Morgan fingerprint density at radius 3 is 1.12 bits per heavy atom. The highest BCUT2D eigenvalue weighted by Gasteiger charge is 1.69. The summed E-state index contributed by atoms with van der Waals surface area (Å²) in [5, 5.41) is 15.1.